The average Bonchev–Trinajstić information content (AvgIpc) is 3.03. The van der Waals surface area contributed by atoms with E-state index in [1.807, 2.05) is 11.1 Å². The summed E-state index contributed by atoms with van der Waals surface area (Å²) in [6, 6.07) is 0. The van der Waals surface area contributed by atoms with E-state index in [0.29, 0.717) is 0 Å². The third-order valence-corrected chi connectivity index (χ3v) is 19.7. The van der Waals surface area contributed by atoms with E-state index in [-0.39, 0.29) is 34.0 Å². The zero-order valence-corrected chi connectivity index (χ0v) is 19.7. The van der Waals surface area contributed by atoms with Crippen molar-refractivity contribution in [1.29, 1.82) is 0 Å². The van der Waals surface area contributed by atoms with Crippen molar-refractivity contribution in [3.63, 3.8) is 0 Å². The van der Waals surface area contributed by atoms with Gasteiger partial charge in [0.25, 0.3) is 0 Å². The van der Waals surface area contributed by atoms with Crippen LogP contribution in [-0.4, -0.2) is 0 Å². The van der Waals surface area contributed by atoms with Crippen molar-refractivity contribution in [3.05, 3.63) is 46.6 Å². The van der Waals surface area contributed by atoms with Gasteiger partial charge in [-0.2, -0.15) is 0 Å². The molecule has 4 aliphatic carbocycles. The Morgan fingerprint density at radius 3 is 1.52 bits per heavy atom. The van der Waals surface area contributed by atoms with Crippen LogP contribution in [0.5, 0.6) is 0 Å². The monoisotopic (exact) mass is 516 g/mol. The van der Waals surface area contributed by atoms with E-state index in [2.05, 4.69) is 24.3 Å². The summed E-state index contributed by atoms with van der Waals surface area (Å²) in [4.78, 5) is 0. The van der Waals surface area contributed by atoms with Gasteiger partial charge in [0.2, 0.25) is 0 Å². The van der Waals surface area contributed by atoms with Crippen molar-refractivity contribution in [2.24, 2.45) is 0 Å². The van der Waals surface area contributed by atoms with Crippen LogP contribution < -0.4 is 0 Å². The van der Waals surface area contributed by atoms with Crippen LogP contribution in [0.25, 0.3) is 0 Å². The first-order valence-electron chi connectivity index (χ1n) is 9.19. The first-order valence-corrected chi connectivity index (χ1v) is 15.5. The fraction of sp³-hybridized carbons (Fsp3) is 0.600. The molecule has 1 saturated heterocycles. The topological polar surface area (TPSA) is 0 Å². The molecule has 0 radical (unpaired) electrons. The van der Waals surface area contributed by atoms with Gasteiger partial charge in [0, 0.05) is 0 Å². The van der Waals surface area contributed by atoms with Crippen LogP contribution in [0.1, 0.15) is 51.4 Å². The standard InChI is InChI=1S/2C9H11.C2H4.2BrH.Zr/c2*1-2-5-9-7-3-6-8(9)4-1;1-2;;;/h2*3,6-7H,1-2,4-5H2;1-2H2;2*1H;. The van der Waals surface area contributed by atoms with Crippen molar-refractivity contribution >= 4 is 34.0 Å². The maximum atomic E-state index is 2.69. The summed E-state index contributed by atoms with van der Waals surface area (Å²) in [7, 11) is 0. The van der Waals surface area contributed by atoms with E-state index in [1.54, 1.807) is 19.4 Å². The number of hydrogen-bond donors (Lipinski definition) is 0. The SMILES string of the molecule is Br.Br.C1=C[CH]([Zr]2([CH]3C=CC4=C3CCCC4)[CH2][CH2]2)C2=C1CCCC2. The normalized spacial score (nSPS) is 33.0. The summed E-state index contributed by atoms with van der Waals surface area (Å²) in [6.07, 6.45) is 21.9. The summed E-state index contributed by atoms with van der Waals surface area (Å²) in [5.74, 6) is 0. The second-order valence-electron chi connectivity index (χ2n) is 7.92. The van der Waals surface area contributed by atoms with Crippen molar-refractivity contribution in [1.82, 2.24) is 0 Å². The Kier molecular flexibility index (Phi) is 5.82. The molecule has 0 nitrogen and oxygen atoms in total. The Morgan fingerprint density at radius 1 is 0.652 bits per heavy atom. The molecule has 126 valence electrons. The molecule has 0 spiro atoms. The van der Waals surface area contributed by atoms with E-state index in [4.69, 9.17) is 0 Å². The number of allylic oxidation sites excluding steroid dienone is 8. The second-order valence-corrected chi connectivity index (χ2v) is 19.5. The van der Waals surface area contributed by atoms with Crippen LogP contribution in [-0.2, 0) is 20.3 Å². The first-order chi connectivity index (χ1) is 10.4. The van der Waals surface area contributed by atoms with Crippen LogP contribution >= 0.6 is 34.0 Å². The summed E-state index contributed by atoms with van der Waals surface area (Å²) < 4.78 is 5.34. The van der Waals surface area contributed by atoms with Gasteiger partial charge in [-0.25, -0.2) is 0 Å². The van der Waals surface area contributed by atoms with Gasteiger partial charge in [0.1, 0.15) is 0 Å². The van der Waals surface area contributed by atoms with Crippen LogP contribution in [0.3, 0.4) is 0 Å². The van der Waals surface area contributed by atoms with Gasteiger partial charge in [-0.05, 0) is 0 Å². The van der Waals surface area contributed by atoms with Gasteiger partial charge in [-0.15, -0.1) is 34.0 Å². The van der Waals surface area contributed by atoms with Gasteiger partial charge in [0.05, 0.1) is 0 Å². The summed E-state index contributed by atoms with van der Waals surface area (Å²) in [5, 5.41) is 0. The molecule has 23 heavy (non-hydrogen) atoms. The molecule has 1 fully saturated rings. The van der Waals surface area contributed by atoms with Crippen molar-refractivity contribution in [2.75, 3.05) is 0 Å². The molecule has 0 aromatic heterocycles. The molecule has 3 heteroatoms. The number of rotatable bonds is 2. The van der Waals surface area contributed by atoms with Crippen LogP contribution in [0.15, 0.2) is 46.6 Å². The molecule has 0 aromatic carbocycles. The Hall–Kier alpha value is 0.803. The van der Waals surface area contributed by atoms with Gasteiger partial charge < -0.3 is 0 Å². The third-order valence-electron chi connectivity index (χ3n) is 6.91. The molecule has 1 aliphatic heterocycles. The van der Waals surface area contributed by atoms with Crippen molar-refractivity contribution in [3.8, 4) is 0 Å². The molecule has 1 heterocycles. The average molecular weight is 519 g/mol. The van der Waals surface area contributed by atoms with E-state index >= 15 is 0 Å². The molecular formula is C20H28Br2Zr. The second kappa shape index (κ2) is 7.20. The van der Waals surface area contributed by atoms with Crippen LogP contribution in [0.4, 0.5) is 0 Å². The van der Waals surface area contributed by atoms with E-state index in [0.717, 1.165) is 7.25 Å². The summed E-state index contributed by atoms with van der Waals surface area (Å²) in [5.41, 5.74) is 7.42. The van der Waals surface area contributed by atoms with Crippen LogP contribution in [0, 0.1) is 0 Å². The van der Waals surface area contributed by atoms with Gasteiger partial charge in [-0.1, -0.05) is 0 Å². The predicted molar refractivity (Wildman–Crippen MR) is 107 cm³/mol. The molecule has 0 amide bonds. The van der Waals surface area contributed by atoms with Gasteiger partial charge >= 0.3 is 134 Å². The zero-order valence-electron chi connectivity index (χ0n) is 13.9. The van der Waals surface area contributed by atoms with Gasteiger partial charge in [-0.3, -0.25) is 0 Å². The van der Waals surface area contributed by atoms with E-state index < -0.39 is 20.3 Å². The number of hydrogen-bond acceptors (Lipinski definition) is 0. The molecule has 0 bridgehead atoms. The minimum absolute atomic E-state index is 0. The Bertz CT molecular complexity index is 557. The molecular weight excluding hydrogens is 491 g/mol. The quantitative estimate of drug-likeness (QED) is 0.352. The fourth-order valence-corrected chi connectivity index (χ4v) is 22.0. The Balaban J connectivity index is 0.000000781. The molecule has 0 saturated carbocycles. The molecule has 0 N–H and O–H groups in total. The molecule has 0 aromatic rings. The molecule has 2 atom stereocenters. The Labute approximate surface area is 166 Å². The minimum atomic E-state index is -1.96. The summed E-state index contributed by atoms with van der Waals surface area (Å²) in [6.45, 7) is 0. The number of halogens is 2. The predicted octanol–water partition coefficient (Wildman–Crippen LogP) is 7.60. The molecule has 5 aliphatic rings. The van der Waals surface area contributed by atoms with E-state index in [9.17, 15) is 0 Å². The fourth-order valence-electron chi connectivity index (χ4n) is 5.69. The van der Waals surface area contributed by atoms with Crippen molar-refractivity contribution in [2.45, 2.75) is 66.9 Å². The summed E-state index contributed by atoms with van der Waals surface area (Å²) >= 11 is -1.96. The van der Waals surface area contributed by atoms with Crippen molar-refractivity contribution < 1.29 is 20.3 Å². The molecule has 5 rings (SSSR count). The maximum absolute atomic E-state index is 2.69. The molecule has 2 unspecified atom stereocenters. The first kappa shape index (κ1) is 18.6. The van der Waals surface area contributed by atoms with E-state index in [1.165, 1.54) is 51.4 Å². The Morgan fingerprint density at radius 2 is 1.09 bits per heavy atom. The third kappa shape index (κ3) is 2.95. The van der Waals surface area contributed by atoms with Gasteiger partial charge in [0.15, 0.2) is 0 Å². The zero-order chi connectivity index (χ0) is 13.9. The van der Waals surface area contributed by atoms with Crippen LogP contribution in [0.2, 0.25) is 15.5 Å².